The zero-order valence-corrected chi connectivity index (χ0v) is 13.5. The van der Waals surface area contributed by atoms with E-state index >= 15 is 0 Å². The molecule has 0 spiro atoms. The SMILES string of the molecule is CCC1CN(C)CCCN1Cc1ccc(N)c(Br)c1. The number of likely N-dealkylation sites (N-methyl/N-ethyl adjacent to an activating group) is 1. The molecule has 0 saturated carbocycles. The van der Waals surface area contributed by atoms with Gasteiger partial charge >= 0.3 is 0 Å². The van der Waals surface area contributed by atoms with Crippen LogP contribution in [0.25, 0.3) is 0 Å². The topological polar surface area (TPSA) is 32.5 Å². The molecule has 2 N–H and O–H groups in total. The first-order valence-corrected chi connectivity index (χ1v) is 7.86. The molecule has 1 saturated heterocycles. The van der Waals surface area contributed by atoms with Crippen LogP contribution < -0.4 is 5.73 Å². The molecule has 0 bridgehead atoms. The molecule has 3 nitrogen and oxygen atoms in total. The largest absolute Gasteiger partial charge is 0.398 e. The van der Waals surface area contributed by atoms with E-state index in [1.54, 1.807) is 0 Å². The van der Waals surface area contributed by atoms with Gasteiger partial charge in [0.2, 0.25) is 0 Å². The number of rotatable bonds is 3. The Morgan fingerprint density at radius 1 is 1.37 bits per heavy atom. The van der Waals surface area contributed by atoms with E-state index in [4.69, 9.17) is 5.73 Å². The average Bonchev–Trinajstić information content (AvgIpc) is 2.56. The Morgan fingerprint density at radius 3 is 2.84 bits per heavy atom. The highest BCUT2D eigenvalue weighted by atomic mass is 79.9. The van der Waals surface area contributed by atoms with Crippen molar-refractivity contribution in [3.05, 3.63) is 28.2 Å². The number of nitrogen functional groups attached to an aromatic ring is 1. The summed E-state index contributed by atoms with van der Waals surface area (Å²) in [5.41, 5.74) is 8.00. The Balaban J connectivity index is 2.08. The molecule has 1 aliphatic rings. The molecule has 106 valence electrons. The van der Waals surface area contributed by atoms with Crippen LogP contribution in [0.1, 0.15) is 25.3 Å². The van der Waals surface area contributed by atoms with Crippen molar-refractivity contribution in [1.82, 2.24) is 9.80 Å². The maximum Gasteiger partial charge on any atom is 0.0458 e. The monoisotopic (exact) mass is 325 g/mol. The third-order valence-corrected chi connectivity index (χ3v) is 4.63. The smallest absolute Gasteiger partial charge is 0.0458 e. The van der Waals surface area contributed by atoms with Gasteiger partial charge in [0, 0.05) is 35.8 Å². The summed E-state index contributed by atoms with van der Waals surface area (Å²) in [5.74, 6) is 0. The highest BCUT2D eigenvalue weighted by Gasteiger charge is 2.21. The lowest BCUT2D eigenvalue weighted by Crippen LogP contribution is -2.39. The summed E-state index contributed by atoms with van der Waals surface area (Å²) in [4.78, 5) is 5.06. The molecule has 0 radical (unpaired) electrons. The number of benzene rings is 1. The molecule has 1 unspecified atom stereocenters. The molecule has 4 heteroatoms. The second-order valence-electron chi connectivity index (χ2n) is 5.50. The van der Waals surface area contributed by atoms with E-state index in [2.05, 4.69) is 51.8 Å². The number of halogens is 1. The van der Waals surface area contributed by atoms with Crippen LogP contribution in [0.3, 0.4) is 0 Å². The maximum absolute atomic E-state index is 5.85. The summed E-state index contributed by atoms with van der Waals surface area (Å²) in [6, 6.07) is 6.94. The first kappa shape index (κ1) is 14.8. The van der Waals surface area contributed by atoms with Gasteiger partial charge < -0.3 is 10.6 Å². The van der Waals surface area contributed by atoms with E-state index in [0.717, 1.165) is 16.7 Å². The molecular formula is C15H24BrN3. The van der Waals surface area contributed by atoms with Crippen LogP contribution in [0, 0.1) is 0 Å². The highest BCUT2D eigenvalue weighted by Crippen LogP contribution is 2.23. The van der Waals surface area contributed by atoms with Gasteiger partial charge in [-0.15, -0.1) is 0 Å². The van der Waals surface area contributed by atoms with Crippen molar-refractivity contribution in [2.24, 2.45) is 0 Å². The van der Waals surface area contributed by atoms with Crippen molar-refractivity contribution in [2.75, 3.05) is 32.4 Å². The van der Waals surface area contributed by atoms with Gasteiger partial charge in [-0.3, -0.25) is 4.90 Å². The van der Waals surface area contributed by atoms with Gasteiger partial charge in [-0.2, -0.15) is 0 Å². The Kier molecular flexibility index (Phi) is 5.25. The molecule has 2 rings (SSSR count). The standard InChI is InChI=1S/C15H24BrN3/c1-3-13-11-18(2)7-4-8-19(13)10-12-5-6-15(17)14(16)9-12/h5-6,9,13H,3-4,7-8,10-11,17H2,1-2H3. The minimum absolute atomic E-state index is 0.656. The number of hydrogen-bond donors (Lipinski definition) is 1. The van der Waals surface area contributed by atoms with Crippen LogP contribution >= 0.6 is 15.9 Å². The maximum atomic E-state index is 5.85. The fourth-order valence-corrected chi connectivity index (χ4v) is 3.22. The molecule has 1 aromatic carbocycles. The van der Waals surface area contributed by atoms with Crippen molar-refractivity contribution in [1.29, 1.82) is 0 Å². The summed E-state index contributed by atoms with van der Waals surface area (Å²) in [7, 11) is 2.23. The average molecular weight is 326 g/mol. The van der Waals surface area contributed by atoms with Crippen LogP contribution in [-0.4, -0.2) is 42.5 Å². The Hall–Kier alpha value is -0.580. The molecule has 1 aliphatic heterocycles. The van der Waals surface area contributed by atoms with Crippen LogP contribution in [0.15, 0.2) is 22.7 Å². The quantitative estimate of drug-likeness (QED) is 0.867. The zero-order valence-electron chi connectivity index (χ0n) is 11.9. The van der Waals surface area contributed by atoms with E-state index < -0.39 is 0 Å². The second-order valence-corrected chi connectivity index (χ2v) is 6.36. The first-order valence-electron chi connectivity index (χ1n) is 7.06. The van der Waals surface area contributed by atoms with Crippen LogP contribution in [-0.2, 0) is 6.54 Å². The Morgan fingerprint density at radius 2 is 2.16 bits per heavy atom. The van der Waals surface area contributed by atoms with E-state index in [0.29, 0.717) is 6.04 Å². The van der Waals surface area contributed by atoms with E-state index in [1.807, 2.05) is 6.07 Å². The third-order valence-electron chi connectivity index (χ3n) is 3.95. The van der Waals surface area contributed by atoms with Crippen molar-refractivity contribution in [2.45, 2.75) is 32.4 Å². The summed E-state index contributed by atoms with van der Waals surface area (Å²) in [5, 5.41) is 0. The van der Waals surface area contributed by atoms with Crippen molar-refractivity contribution in [3.63, 3.8) is 0 Å². The summed E-state index contributed by atoms with van der Waals surface area (Å²) >= 11 is 3.52. The van der Waals surface area contributed by atoms with Gasteiger partial charge in [0.05, 0.1) is 0 Å². The molecular weight excluding hydrogens is 302 g/mol. The van der Waals surface area contributed by atoms with Gasteiger partial charge in [-0.25, -0.2) is 0 Å². The predicted octanol–water partition coefficient (Wildman–Crippen LogP) is 2.95. The molecule has 1 heterocycles. The van der Waals surface area contributed by atoms with Crippen molar-refractivity contribution < 1.29 is 0 Å². The Labute approximate surface area is 124 Å². The van der Waals surface area contributed by atoms with Gasteiger partial charge in [0.1, 0.15) is 0 Å². The molecule has 1 atom stereocenters. The minimum Gasteiger partial charge on any atom is -0.398 e. The van der Waals surface area contributed by atoms with Gasteiger partial charge in [0.25, 0.3) is 0 Å². The highest BCUT2D eigenvalue weighted by molar-refractivity contribution is 9.10. The van der Waals surface area contributed by atoms with E-state index in [1.165, 1.54) is 38.0 Å². The number of nitrogens with zero attached hydrogens (tertiary/aromatic N) is 2. The lowest BCUT2D eigenvalue weighted by Gasteiger charge is -2.30. The summed E-state index contributed by atoms with van der Waals surface area (Å²) in [6.07, 6.45) is 2.46. The molecule has 0 amide bonds. The van der Waals surface area contributed by atoms with E-state index in [9.17, 15) is 0 Å². The molecule has 0 aliphatic carbocycles. The fourth-order valence-electron chi connectivity index (χ4n) is 2.79. The molecule has 1 fully saturated rings. The van der Waals surface area contributed by atoms with E-state index in [-0.39, 0.29) is 0 Å². The third kappa shape index (κ3) is 3.94. The number of hydrogen-bond acceptors (Lipinski definition) is 3. The van der Waals surface area contributed by atoms with Crippen LogP contribution in [0.2, 0.25) is 0 Å². The minimum atomic E-state index is 0.656. The van der Waals surface area contributed by atoms with Crippen molar-refractivity contribution >= 4 is 21.6 Å². The second kappa shape index (κ2) is 6.73. The Bertz CT molecular complexity index is 422. The predicted molar refractivity (Wildman–Crippen MR) is 85.2 cm³/mol. The van der Waals surface area contributed by atoms with Crippen LogP contribution in [0.4, 0.5) is 5.69 Å². The summed E-state index contributed by atoms with van der Waals surface area (Å²) < 4.78 is 1.00. The summed E-state index contributed by atoms with van der Waals surface area (Å²) in [6.45, 7) is 6.87. The first-order chi connectivity index (χ1) is 9.10. The van der Waals surface area contributed by atoms with Crippen LogP contribution in [0.5, 0.6) is 0 Å². The molecule has 19 heavy (non-hydrogen) atoms. The lowest BCUT2D eigenvalue weighted by molar-refractivity contribution is 0.176. The number of anilines is 1. The van der Waals surface area contributed by atoms with Gasteiger partial charge in [0.15, 0.2) is 0 Å². The molecule has 0 aromatic heterocycles. The fraction of sp³-hybridized carbons (Fsp3) is 0.600. The number of nitrogens with two attached hydrogens (primary N) is 1. The lowest BCUT2D eigenvalue weighted by atomic mass is 10.1. The van der Waals surface area contributed by atoms with Gasteiger partial charge in [-0.1, -0.05) is 13.0 Å². The normalized spacial score (nSPS) is 22.4. The molecule has 1 aromatic rings. The van der Waals surface area contributed by atoms with Gasteiger partial charge in [-0.05, 0) is 60.1 Å². The van der Waals surface area contributed by atoms with Crippen molar-refractivity contribution in [3.8, 4) is 0 Å². The zero-order chi connectivity index (χ0) is 13.8.